The number of hydrogen-bond donors (Lipinski definition) is 2. The number of nitrogens with one attached hydrogen (secondary N) is 1. The van der Waals surface area contributed by atoms with E-state index in [1.54, 1.807) is 33.3 Å². The Morgan fingerprint density at radius 2 is 1.45 bits per heavy atom. The zero-order valence-corrected chi connectivity index (χ0v) is 30.0. The highest BCUT2D eigenvalue weighted by Gasteiger charge is 2.62. The molecular weight excluding hydrogens is 676 g/mol. The Balaban J connectivity index is 1.31. The van der Waals surface area contributed by atoms with Crippen LogP contribution in [-0.4, -0.2) is 59.3 Å². The lowest BCUT2D eigenvalue weighted by molar-refractivity contribution is -0.167. The molecule has 2 fully saturated rings. The Kier molecular flexibility index (Phi) is 9.82. The van der Waals surface area contributed by atoms with Crippen LogP contribution in [0.25, 0.3) is 0 Å². The quantitative estimate of drug-likeness (QED) is 0.135. The Morgan fingerprint density at radius 3 is 2.04 bits per heavy atom. The minimum Gasteiger partial charge on any atom is -0.497 e. The second kappa shape index (κ2) is 14.5. The molecule has 11 heteroatoms. The molecule has 5 atom stereocenters. The molecule has 2 aliphatic rings. The molecule has 5 aromatic rings. The normalized spacial score (nSPS) is 22.3. The van der Waals surface area contributed by atoms with E-state index in [1.807, 2.05) is 97.9 Å². The molecule has 7 rings (SSSR count). The van der Waals surface area contributed by atoms with E-state index >= 15 is 0 Å². The van der Waals surface area contributed by atoms with E-state index < -0.39 is 52.8 Å². The Labute approximate surface area is 306 Å². The minimum absolute atomic E-state index is 0.121. The number of ether oxygens (including phenoxy) is 5. The number of carbonyl (C=O) groups excluding carboxylic acids is 1. The van der Waals surface area contributed by atoms with Crippen molar-refractivity contribution in [1.29, 1.82) is 0 Å². The molecule has 1 aliphatic carbocycles. The zero-order valence-electron chi connectivity index (χ0n) is 30.0. The van der Waals surface area contributed by atoms with Crippen molar-refractivity contribution in [2.24, 2.45) is 5.92 Å². The van der Waals surface area contributed by atoms with Gasteiger partial charge >= 0.3 is 11.7 Å². The van der Waals surface area contributed by atoms with E-state index in [2.05, 4.69) is 4.98 Å². The van der Waals surface area contributed by atoms with E-state index in [0.29, 0.717) is 23.5 Å². The highest BCUT2D eigenvalue weighted by Crippen LogP contribution is 2.53. The number of aryl methyl sites for hydroxylation is 2. The van der Waals surface area contributed by atoms with Crippen molar-refractivity contribution in [3.63, 3.8) is 0 Å². The molecule has 0 spiro atoms. The predicted octanol–water partition coefficient (Wildman–Crippen LogP) is 5.44. The summed E-state index contributed by atoms with van der Waals surface area (Å²) in [6.07, 6.45) is -1.18. The molecule has 1 saturated carbocycles. The summed E-state index contributed by atoms with van der Waals surface area (Å²) in [6.45, 7) is 3.39. The highest BCUT2D eigenvalue weighted by atomic mass is 16.6. The third-order valence-electron chi connectivity index (χ3n) is 10.5. The van der Waals surface area contributed by atoms with Gasteiger partial charge in [-0.2, -0.15) is 0 Å². The molecule has 2 heterocycles. The molecule has 1 aliphatic heterocycles. The van der Waals surface area contributed by atoms with Crippen LogP contribution in [0.5, 0.6) is 11.5 Å². The van der Waals surface area contributed by atoms with Gasteiger partial charge in [0.1, 0.15) is 35.0 Å². The van der Waals surface area contributed by atoms with Gasteiger partial charge in [0.25, 0.3) is 5.56 Å². The van der Waals surface area contributed by atoms with Gasteiger partial charge in [0.15, 0.2) is 0 Å². The number of fused-ring (bicyclic) bond motifs is 2. The number of carbonyl (C=O) groups is 1. The monoisotopic (exact) mass is 718 g/mol. The number of aliphatic hydroxyl groups excluding tert-OH is 1. The van der Waals surface area contributed by atoms with Crippen molar-refractivity contribution < 1.29 is 33.6 Å². The molecule has 2 N–H and O–H groups in total. The van der Waals surface area contributed by atoms with Crippen molar-refractivity contribution in [3.8, 4) is 11.5 Å². The minimum atomic E-state index is -1.34. The fraction of sp³-hybridized carbons (Fsp3) is 0.310. The van der Waals surface area contributed by atoms with Crippen LogP contribution in [0.1, 0.15) is 57.2 Å². The maximum atomic E-state index is 13.4. The van der Waals surface area contributed by atoms with Gasteiger partial charge < -0.3 is 28.8 Å². The fourth-order valence-corrected chi connectivity index (χ4v) is 7.61. The molecule has 0 radical (unpaired) electrons. The van der Waals surface area contributed by atoms with Crippen LogP contribution < -0.4 is 20.7 Å². The Hall–Kier alpha value is -5.49. The average Bonchev–Trinajstić information content (AvgIpc) is 3.36. The van der Waals surface area contributed by atoms with Crippen LogP contribution in [-0.2, 0) is 19.8 Å². The smallest absolute Gasteiger partial charge is 0.338 e. The van der Waals surface area contributed by atoms with Crippen LogP contribution >= 0.6 is 0 Å². The summed E-state index contributed by atoms with van der Waals surface area (Å²) >= 11 is 0. The molecule has 274 valence electrons. The lowest BCUT2D eigenvalue weighted by Gasteiger charge is -2.43. The molecule has 11 nitrogen and oxygen atoms in total. The number of rotatable bonds is 11. The van der Waals surface area contributed by atoms with Crippen molar-refractivity contribution in [1.82, 2.24) is 9.55 Å². The number of benzene rings is 4. The summed E-state index contributed by atoms with van der Waals surface area (Å²) in [6, 6.07) is 32.0. The number of esters is 1. The van der Waals surface area contributed by atoms with Crippen LogP contribution in [0, 0.1) is 19.8 Å². The van der Waals surface area contributed by atoms with Crippen molar-refractivity contribution in [2.75, 3.05) is 20.8 Å². The summed E-state index contributed by atoms with van der Waals surface area (Å²) in [5, 5.41) is 12.3. The fourth-order valence-electron chi connectivity index (χ4n) is 7.61. The van der Waals surface area contributed by atoms with Gasteiger partial charge in [0, 0.05) is 11.8 Å². The number of hydrogen-bond acceptors (Lipinski definition) is 9. The standard InChI is InChI=1S/C42H42N2O9/c1-26-10-12-28(13-11-26)39(47)52-34-22-23-41(36(45)35(34)38(53-41)44-24-27(2)37(46)43-40(44)48)25-51-42(29-8-6-5-7-9-29,30-14-18-32(49-3)19-15-30)31-16-20-33(50-4)21-17-31/h5-21,24,34-36,38,45H,22-23,25H2,1-4H3,(H,43,46,48)/t34-,35-,36+,38-,41-/m1/s1. The van der Waals surface area contributed by atoms with Gasteiger partial charge in [-0.1, -0.05) is 72.3 Å². The zero-order chi connectivity index (χ0) is 37.3. The molecular formula is C42H42N2O9. The van der Waals surface area contributed by atoms with Gasteiger partial charge in [-0.15, -0.1) is 0 Å². The largest absolute Gasteiger partial charge is 0.497 e. The van der Waals surface area contributed by atoms with Crippen LogP contribution in [0.4, 0.5) is 0 Å². The summed E-state index contributed by atoms with van der Waals surface area (Å²) in [7, 11) is 3.21. The Morgan fingerprint density at radius 1 is 0.868 bits per heavy atom. The maximum Gasteiger partial charge on any atom is 0.338 e. The summed E-state index contributed by atoms with van der Waals surface area (Å²) in [4.78, 5) is 41.5. The topological polar surface area (TPSA) is 138 Å². The van der Waals surface area contributed by atoms with E-state index in [4.69, 9.17) is 23.7 Å². The first-order chi connectivity index (χ1) is 25.6. The predicted molar refractivity (Wildman–Crippen MR) is 196 cm³/mol. The van der Waals surface area contributed by atoms with E-state index in [1.165, 1.54) is 10.8 Å². The first-order valence-electron chi connectivity index (χ1n) is 17.5. The lowest BCUT2D eigenvalue weighted by atomic mass is 9.75. The van der Waals surface area contributed by atoms with Gasteiger partial charge in [-0.3, -0.25) is 14.3 Å². The summed E-state index contributed by atoms with van der Waals surface area (Å²) < 4.78 is 32.3. The molecule has 4 aromatic carbocycles. The van der Waals surface area contributed by atoms with E-state index in [0.717, 1.165) is 22.3 Å². The first kappa shape index (κ1) is 35.9. The van der Waals surface area contributed by atoms with Gasteiger partial charge in [0.2, 0.25) is 0 Å². The molecule has 0 unspecified atom stereocenters. The van der Waals surface area contributed by atoms with Crippen LogP contribution in [0.15, 0.2) is 119 Å². The second-order valence-electron chi connectivity index (χ2n) is 13.7. The van der Waals surface area contributed by atoms with E-state index in [9.17, 15) is 19.5 Å². The highest BCUT2D eigenvalue weighted by molar-refractivity contribution is 5.89. The van der Waals surface area contributed by atoms with Gasteiger partial charge in [0.05, 0.1) is 38.4 Å². The molecule has 53 heavy (non-hydrogen) atoms. The SMILES string of the molecule is COc1ccc(C(OC[C@@]23CC[C@@H](OC(=O)c4ccc(C)cc4)[C@@H]([C@H](n4cc(C)c(=O)[nH]c4=O)O2)[C@@H]3O)(c2ccccc2)c2ccc(OC)cc2)cc1. The number of nitrogens with zero attached hydrogens (tertiary/aromatic N) is 1. The van der Waals surface area contributed by atoms with Crippen LogP contribution in [0.3, 0.4) is 0 Å². The number of aliphatic hydroxyl groups is 1. The lowest BCUT2D eigenvalue weighted by Crippen LogP contribution is -2.54. The maximum absolute atomic E-state index is 13.4. The van der Waals surface area contributed by atoms with Crippen LogP contribution in [0.2, 0.25) is 0 Å². The van der Waals surface area contributed by atoms with Crippen molar-refractivity contribution in [3.05, 3.63) is 164 Å². The summed E-state index contributed by atoms with van der Waals surface area (Å²) in [5.41, 5.74) is 0.247. The molecule has 1 aromatic heterocycles. The second-order valence-corrected chi connectivity index (χ2v) is 13.7. The van der Waals surface area contributed by atoms with Gasteiger partial charge in [-0.05, 0) is 79.8 Å². The molecule has 1 saturated heterocycles. The number of aromatic amines is 1. The third kappa shape index (κ3) is 6.56. The van der Waals surface area contributed by atoms with Crippen molar-refractivity contribution in [2.45, 2.75) is 56.3 Å². The Bertz CT molecular complexity index is 2130. The van der Waals surface area contributed by atoms with E-state index in [-0.39, 0.29) is 18.6 Å². The number of aromatic nitrogens is 2. The molecule has 2 bridgehead atoms. The average molecular weight is 719 g/mol. The third-order valence-corrected chi connectivity index (χ3v) is 10.5. The number of methoxy groups -OCH3 is 2. The van der Waals surface area contributed by atoms with Gasteiger partial charge in [-0.25, -0.2) is 9.59 Å². The molecule has 0 amide bonds. The first-order valence-corrected chi connectivity index (χ1v) is 17.5. The number of H-pyrrole nitrogens is 1. The summed E-state index contributed by atoms with van der Waals surface area (Å²) in [5.74, 6) is -0.0876. The van der Waals surface area contributed by atoms with Crippen molar-refractivity contribution >= 4 is 5.97 Å².